The van der Waals surface area contributed by atoms with Crippen molar-refractivity contribution in [3.05, 3.63) is 24.3 Å². The van der Waals surface area contributed by atoms with Gasteiger partial charge in [0.1, 0.15) is 5.75 Å². The minimum atomic E-state index is -0.495. The fourth-order valence-electron chi connectivity index (χ4n) is 2.97. The van der Waals surface area contributed by atoms with Crippen LogP contribution in [0.15, 0.2) is 24.3 Å². The molecular formula is C18H28N4O3. The summed E-state index contributed by atoms with van der Waals surface area (Å²) in [4.78, 5) is 27.1. The van der Waals surface area contributed by atoms with E-state index >= 15 is 0 Å². The summed E-state index contributed by atoms with van der Waals surface area (Å²) >= 11 is 0. The number of carbonyl (C=O) groups is 2. The van der Waals surface area contributed by atoms with E-state index in [0.717, 1.165) is 56.9 Å². The highest BCUT2D eigenvalue weighted by Gasteiger charge is 2.21. The molecule has 0 atom stereocenters. The van der Waals surface area contributed by atoms with E-state index in [1.807, 2.05) is 23.1 Å². The number of methoxy groups -OCH3 is 1. The highest BCUT2D eigenvalue weighted by Crippen LogP contribution is 2.22. The zero-order valence-corrected chi connectivity index (χ0v) is 14.9. The molecule has 1 saturated heterocycles. The number of primary amides is 1. The van der Waals surface area contributed by atoms with Gasteiger partial charge >= 0.3 is 6.03 Å². The smallest absolute Gasteiger partial charge is 0.312 e. The molecule has 138 valence electrons. The molecule has 0 spiro atoms. The molecule has 1 aromatic rings. The number of urea groups is 1. The fraction of sp³-hybridized carbons (Fsp3) is 0.556. The molecular weight excluding hydrogens is 320 g/mol. The van der Waals surface area contributed by atoms with Crippen LogP contribution in [0.2, 0.25) is 0 Å². The Bertz CT molecular complexity index is 571. The molecule has 7 heteroatoms. The lowest BCUT2D eigenvalue weighted by atomic mass is 10.1. The number of hydrogen-bond donors (Lipinski definition) is 2. The molecule has 0 radical (unpaired) electrons. The number of ether oxygens (including phenoxy) is 1. The Kier molecular flexibility index (Phi) is 7.37. The minimum absolute atomic E-state index is 0.216. The summed E-state index contributed by atoms with van der Waals surface area (Å²) in [5.74, 6) is 1.06. The Labute approximate surface area is 149 Å². The maximum absolute atomic E-state index is 12.3. The average Bonchev–Trinajstić information content (AvgIpc) is 2.64. The lowest BCUT2D eigenvalue weighted by Crippen LogP contribution is -2.48. The van der Waals surface area contributed by atoms with Crippen molar-refractivity contribution in [2.75, 3.05) is 44.7 Å². The minimum Gasteiger partial charge on any atom is -0.497 e. The van der Waals surface area contributed by atoms with Crippen molar-refractivity contribution in [3.8, 4) is 5.75 Å². The van der Waals surface area contributed by atoms with Gasteiger partial charge in [0.2, 0.25) is 5.91 Å². The quantitative estimate of drug-likeness (QED) is 0.698. The van der Waals surface area contributed by atoms with Crippen LogP contribution in [0.5, 0.6) is 5.75 Å². The summed E-state index contributed by atoms with van der Waals surface area (Å²) in [5.41, 5.74) is 6.13. The third-order valence-electron chi connectivity index (χ3n) is 4.42. The van der Waals surface area contributed by atoms with E-state index in [4.69, 9.17) is 10.5 Å². The van der Waals surface area contributed by atoms with Crippen molar-refractivity contribution < 1.29 is 14.3 Å². The Balaban J connectivity index is 1.67. The molecule has 1 aliphatic rings. The van der Waals surface area contributed by atoms with Gasteiger partial charge in [0, 0.05) is 50.9 Å². The summed E-state index contributed by atoms with van der Waals surface area (Å²) in [6.07, 6.45) is 3.17. The third kappa shape index (κ3) is 6.17. The van der Waals surface area contributed by atoms with Gasteiger partial charge in [-0.3, -0.25) is 4.79 Å². The fourth-order valence-corrected chi connectivity index (χ4v) is 2.97. The number of hydrogen-bond acceptors (Lipinski definition) is 4. The summed E-state index contributed by atoms with van der Waals surface area (Å²) in [7, 11) is 1.67. The van der Waals surface area contributed by atoms with Crippen molar-refractivity contribution >= 4 is 17.6 Å². The first-order valence-electron chi connectivity index (χ1n) is 8.80. The monoisotopic (exact) mass is 348 g/mol. The Morgan fingerprint density at radius 3 is 2.60 bits per heavy atom. The Hall–Kier alpha value is -2.44. The molecule has 1 heterocycles. The largest absolute Gasteiger partial charge is 0.497 e. The molecule has 0 unspecified atom stereocenters. The Morgan fingerprint density at radius 2 is 1.92 bits per heavy atom. The van der Waals surface area contributed by atoms with Gasteiger partial charge in [-0.05, 0) is 25.0 Å². The van der Waals surface area contributed by atoms with Crippen LogP contribution in [-0.4, -0.2) is 56.7 Å². The molecule has 3 N–H and O–H groups in total. The van der Waals surface area contributed by atoms with Gasteiger partial charge in [0.15, 0.2) is 0 Å². The van der Waals surface area contributed by atoms with Crippen molar-refractivity contribution in [2.24, 2.45) is 5.73 Å². The van der Waals surface area contributed by atoms with E-state index in [2.05, 4.69) is 16.3 Å². The summed E-state index contributed by atoms with van der Waals surface area (Å²) in [6, 6.07) is 7.52. The lowest BCUT2D eigenvalue weighted by molar-refractivity contribution is -0.131. The van der Waals surface area contributed by atoms with Crippen molar-refractivity contribution in [3.63, 3.8) is 0 Å². The zero-order valence-electron chi connectivity index (χ0n) is 14.9. The molecule has 1 fully saturated rings. The van der Waals surface area contributed by atoms with Gasteiger partial charge in [0.05, 0.1) is 7.11 Å². The highest BCUT2D eigenvalue weighted by atomic mass is 16.5. The van der Waals surface area contributed by atoms with Gasteiger partial charge in [-0.15, -0.1) is 0 Å². The predicted octanol–water partition coefficient (Wildman–Crippen LogP) is 1.57. The van der Waals surface area contributed by atoms with Crippen LogP contribution in [0.1, 0.15) is 25.7 Å². The first-order valence-corrected chi connectivity index (χ1v) is 8.80. The number of piperazine rings is 1. The molecule has 0 saturated carbocycles. The maximum atomic E-state index is 12.3. The number of carbonyl (C=O) groups excluding carboxylic acids is 2. The number of benzene rings is 1. The van der Waals surface area contributed by atoms with E-state index in [0.29, 0.717) is 13.0 Å². The molecule has 1 aliphatic heterocycles. The van der Waals surface area contributed by atoms with Crippen LogP contribution in [0.3, 0.4) is 0 Å². The van der Waals surface area contributed by atoms with Crippen LogP contribution < -0.4 is 20.7 Å². The second-order valence-corrected chi connectivity index (χ2v) is 6.17. The highest BCUT2D eigenvalue weighted by molar-refractivity contribution is 5.76. The number of nitrogens with two attached hydrogens (primary N) is 1. The molecule has 1 aromatic carbocycles. The summed E-state index contributed by atoms with van der Waals surface area (Å²) in [5, 5.41) is 2.55. The normalized spacial score (nSPS) is 14.3. The Morgan fingerprint density at radius 1 is 1.16 bits per heavy atom. The standard InChI is InChI=1S/C18H28N4O3/c1-25-16-7-5-6-15(14-16)21-10-12-22(13-11-21)17(23)8-3-2-4-9-20-18(19)24/h5-7,14H,2-4,8-13H2,1H3,(H3,19,20,24). The zero-order chi connectivity index (χ0) is 18.1. The second-order valence-electron chi connectivity index (χ2n) is 6.17. The molecule has 2 rings (SSSR count). The summed E-state index contributed by atoms with van der Waals surface area (Å²) in [6.45, 7) is 3.74. The van der Waals surface area contributed by atoms with Gasteiger partial charge in [0.25, 0.3) is 0 Å². The van der Waals surface area contributed by atoms with Crippen molar-refractivity contribution in [1.82, 2.24) is 10.2 Å². The van der Waals surface area contributed by atoms with E-state index < -0.39 is 6.03 Å². The molecule has 25 heavy (non-hydrogen) atoms. The van der Waals surface area contributed by atoms with E-state index in [1.54, 1.807) is 7.11 Å². The first-order chi connectivity index (χ1) is 12.1. The summed E-state index contributed by atoms with van der Waals surface area (Å²) < 4.78 is 5.27. The number of unbranched alkanes of at least 4 members (excludes halogenated alkanes) is 2. The van der Waals surface area contributed by atoms with Crippen LogP contribution in [0.4, 0.5) is 10.5 Å². The van der Waals surface area contributed by atoms with Crippen LogP contribution in [0, 0.1) is 0 Å². The SMILES string of the molecule is COc1cccc(N2CCN(C(=O)CCCCCNC(N)=O)CC2)c1. The number of amides is 3. The van der Waals surface area contributed by atoms with Gasteiger partial charge in [-0.1, -0.05) is 12.5 Å². The average molecular weight is 348 g/mol. The number of nitrogens with one attached hydrogen (secondary N) is 1. The predicted molar refractivity (Wildman–Crippen MR) is 97.8 cm³/mol. The second kappa shape index (κ2) is 9.76. The lowest BCUT2D eigenvalue weighted by Gasteiger charge is -2.36. The van der Waals surface area contributed by atoms with E-state index in [-0.39, 0.29) is 5.91 Å². The van der Waals surface area contributed by atoms with Crippen LogP contribution >= 0.6 is 0 Å². The molecule has 0 bridgehead atoms. The number of anilines is 1. The van der Waals surface area contributed by atoms with Crippen molar-refractivity contribution in [2.45, 2.75) is 25.7 Å². The van der Waals surface area contributed by atoms with Crippen LogP contribution in [0.25, 0.3) is 0 Å². The molecule has 0 aromatic heterocycles. The molecule has 7 nitrogen and oxygen atoms in total. The first kappa shape index (κ1) is 18.9. The maximum Gasteiger partial charge on any atom is 0.312 e. The number of nitrogens with zero attached hydrogens (tertiary/aromatic N) is 2. The topological polar surface area (TPSA) is 87.9 Å². The van der Waals surface area contributed by atoms with Gasteiger partial charge in [-0.25, -0.2) is 4.79 Å². The van der Waals surface area contributed by atoms with E-state index in [9.17, 15) is 9.59 Å². The van der Waals surface area contributed by atoms with Crippen molar-refractivity contribution in [1.29, 1.82) is 0 Å². The van der Waals surface area contributed by atoms with Crippen LogP contribution in [-0.2, 0) is 4.79 Å². The molecule has 0 aliphatic carbocycles. The van der Waals surface area contributed by atoms with Gasteiger partial charge < -0.3 is 25.6 Å². The van der Waals surface area contributed by atoms with Gasteiger partial charge in [-0.2, -0.15) is 0 Å². The third-order valence-corrected chi connectivity index (χ3v) is 4.42. The molecule has 3 amide bonds. The number of rotatable bonds is 8. The van der Waals surface area contributed by atoms with E-state index in [1.165, 1.54) is 0 Å².